The normalized spacial score (nSPS) is 19.6. The van der Waals surface area contributed by atoms with Gasteiger partial charge in [0.15, 0.2) is 0 Å². The molecule has 1 unspecified atom stereocenters. The van der Waals surface area contributed by atoms with Gasteiger partial charge in [-0.2, -0.15) is 0 Å². The highest BCUT2D eigenvalue weighted by Gasteiger charge is 2.09. The summed E-state index contributed by atoms with van der Waals surface area (Å²) >= 11 is 0. The molecule has 5 nitrogen and oxygen atoms in total. The number of unbranched alkanes of at least 4 members (excludes halogenated alkanes) is 2. The fourth-order valence-electron chi connectivity index (χ4n) is 2.73. The first-order chi connectivity index (χ1) is 17.9. The molecule has 0 fully saturated rings. The summed E-state index contributed by atoms with van der Waals surface area (Å²) < 4.78 is 76.7. The molecule has 0 aliphatic carbocycles. The minimum atomic E-state index is -3.10. The van der Waals surface area contributed by atoms with Crippen LogP contribution in [0.15, 0.2) is 48.5 Å². The smallest absolute Gasteiger partial charge is 0.121 e. The van der Waals surface area contributed by atoms with Crippen molar-refractivity contribution in [3.05, 3.63) is 65.2 Å². The quantitative estimate of drug-likeness (QED) is 0.305. The van der Waals surface area contributed by atoms with Crippen LogP contribution in [-0.4, -0.2) is 41.5 Å². The van der Waals surface area contributed by atoms with Gasteiger partial charge in [0.2, 0.25) is 0 Å². The molecule has 0 saturated carbocycles. The number of aliphatic hydroxyl groups is 2. The highest BCUT2D eigenvalue weighted by atomic mass is 16.5. The Hall–Kier alpha value is -1.92. The zero-order chi connectivity index (χ0) is 29.5. The van der Waals surface area contributed by atoms with E-state index in [9.17, 15) is 15.3 Å². The van der Waals surface area contributed by atoms with Gasteiger partial charge in [-0.25, -0.2) is 0 Å². The van der Waals surface area contributed by atoms with Gasteiger partial charge in [0.05, 0.1) is 19.5 Å². The molecule has 0 saturated heterocycles. The van der Waals surface area contributed by atoms with Crippen molar-refractivity contribution in [2.75, 3.05) is 26.2 Å². The average molecular weight is 425 g/mol. The zero-order valence-corrected chi connectivity index (χ0v) is 17.0. The molecule has 0 heterocycles. The Morgan fingerprint density at radius 3 is 2.60 bits per heavy atom. The maximum atomic E-state index is 10.6. The Morgan fingerprint density at radius 2 is 1.80 bits per heavy atom. The van der Waals surface area contributed by atoms with Gasteiger partial charge < -0.3 is 25.4 Å². The number of hydrogen-bond acceptors (Lipinski definition) is 5. The third-order valence-corrected chi connectivity index (χ3v) is 4.40. The van der Waals surface area contributed by atoms with Crippen molar-refractivity contribution in [3.8, 4) is 5.75 Å². The van der Waals surface area contributed by atoms with E-state index < -0.39 is 49.1 Å². The monoisotopic (exact) mass is 424 g/mol. The molecule has 0 amide bonds. The van der Waals surface area contributed by atoms with E-state index in [4.69, 9.17) is 17.1 Å². The zero-order valence-electron chi connectivity index (χ0n) is 26.0. The number of benzene rings is 2. The van der Waals surface area contributed by atoms with Crippen molar-refractivity contribution in [3.63, 3.8) is 0 Å². The predicted octanol–water partition coefficient (Wildman–Crippen LogP) is 4.11. The lowest BCUT2D eigenvalue weighted by molar-refractivity contribution is 0.126. The summed E-state index contributed by atoms with van der Waals surface area (Å²) in [5.41, 5.74) is -0.0471. The van der Waals surface area contributed by atoms with Crippen molar-refractivity contribution < 1.29 is 32.4 Å². The van der Waals surface area contributed by atoms with E-state index in [1.165, 1.54) is 0 Å². The van der Waals surface area contributed by atoms with E-state index >= 15 is 0 Å². The first-order valence-electron chi connectivity index (χ1n) is 14.6. The summed E-state index contributed by atoms with van der Waals surface area (Å²) in [5.74, 6) is -0.657. The summed E-state index contributed by atoms with van der Waals surface area (Å²) in [5, 5.41) is 32.0. The second-order valence-electron chi connectivity index (χ2n) is 6.76. The van der Waals surface area contributed by atoms with Crippen LogP contribution in [0, 0.1) is 0 Å². The lowest BCUT2D eigenvalue weighted by Gasteiger charge is -2.14. The number of phenols is 1. The van der Waals surface area contributed by atoms with E-state index in [0.29, 0.717) is 25.7 Å². The first-order valence-corrected chi connectivity index (χ1v) is 10.1. The van der Waals surface area contributed by atoms with Crippen molar-refractivity contribution in [1.29, 1.82) is 0 Å². The highest BCUT2D eigenvalue weighted by molar-refractivity contribution is 5.36. The molecule has 0 radical (unpaired) electrons. The Balaban J connectivity index is 1.81. The molecule has 1 atom stereocenters. The number of rotatable bonds is 16. The molecular weight excluding hydrogens is 378 g/mol. The lowest BCUT2D eigenvalue weighted by atomic mass is 10.1. The Kier molecular flexibility index (Phi) is 7.08. The summed E-state index contributed by atoms with van der Waals surface area (Å²) in [7, 11) is 0. The van der Waals surface area contributed by atoms with Crippen LogP contribution in [0.25, 0.3) is 0 Å². The van der Waals surface area contributed by atoms with Crippen LogP contribution in [0.4, 0.5) is 0 Å². The third-order valence-electron chi connectivity index (χ3n) is 4.40. The third kappa shape index (κ3) is 9.72. The van der Waals surface area contributed by atoms with Crippen LogP contribution in [-0.2, 0) is 17.7 Å². The molecule has 0 aliphatic rings. The molecule has 2 aromatic carbocycles. The van der Waals surface area contributed by atoms with Crippen LogP contribution in [0.3, 0.4) is 0 Å². The number of nitrogens with one attached hydrogen (secondary N) is 1. The molecule has 2 rings (SSSR count). The van der Waals surface area contributed by atoms with Crippen LogP contribution in [0.5, 0.6) is 5.75 Å². The Labute approximate surface area is 193 Å². The molecule has 4 N–H and O–H groups in total. The van der Waals surface area contributed by atoms with E-state index in [1.807, 2.05) is 35.6 Å². The molecule has 0 spiro atoms. The minimum Gasteiger partial charge on any atom is -0.508 e. The van der Waals surface area contributed by atoms with Crippen LogP contribution >= 0.6 is 0 Å². The van der Waals surface area contributed by atoms with E-state index in [-0.39, 0.29) is 19.4 Å². The van der Waals surface area contributed by atoms with Gasteiger partial charge in [-0.05, 0) is 61.9 Å². The second kappa shape index (κ2) is 15.0. The Morgan fingerprint density at radius 1 is 1.00 bits per heavy atom. The van der Waals surface area contributed by atoms with E-state index in [2.05, 4.69) is 0 Å². The average Bonchev–Trinajstić information content (AvgIpc) is 2.80. The molecule has 2 aromatic rings. The van der Waals surface area contributed by atoms with E-state index in [0.717, 1.165) is 30.2 Å². The molecule has 0 aliphatic heterocycles. The number of aryl methyl sites for hydroxylation is 1. The fourth-order valence-corrected chi connectivity index (χ4v) is 2.73. The van der Waals surface area contributed by atoms with Gasteiger partial charge in [0.25, 0.3) is 0 Å². The van der Waals surface area contributed by atoms with Gasteiger partial charge in [-0.3, -0.25) is 0 Å². The molecule has 5 heteroatoms. The van der Waals surface area contributed by atoms with Crippen molar-refractivity contribution in [2.24, 2.45) is 0 Å². The largest absolute Gasteiger partial charge is 0.508 e. The number of ether oxygens (including phenoxy) is 1. The highest BCUT2D eigenvalue weighted by Crippen LogP contribution is 2.22. The van der Waals surface area contributed by atoms with Gasteiger partial charge in [0.1, 0.15) is 5.75 Å². The van der Waals surface area contributed by atoms with Gasteiger partial charge >= 0.3 is 0 Å². The summed E-state index contributed by atoms with van der Waals surface area (Å²) in [6.45, 7) is -10.0. The first kappa shape index (κ1) is 14.2. The molecule has 0 aromatic heterocycles. The number of aromatic hydroxyl groups is 1. The lowest BCUT2D eigenvalue weighted by Crippen LogP contribution is -2.22. The van der Waals surface area contributed by atoms with Crippen molar-refractivity contribution in [2.45, 2.75) is 57.6 Å². The topological polar surface area (TPSA) is 82.0 Å². The SMILES string of the molecule is [2H]C([2H])(CCCCCOC([2H])([2H])CCCc1ccccc1)NC([2H])([2H])C([2H])(O)c1ccc(O)c(C([2H])([2H])O)c1. The maximum absolute atomic E-state index is 10.6. The minimum absolute atomic E-state index is 0.142. The number of hydrogen-bond donors (Lipinski definition) is 4. The van der Waals surface area contributed by atoms with Gasteiger partial charge in [-0.1, -0.05) is 49.2 Å². The predicted molar refractivity (Wildman–Crippen MR) is 121 cm³/mol. The van der Waals surface area contributed by atoms with Crippen LogP contribution in [0.2, 0.25) is 0 Å². The fraction of sp³-hybridized carbons (Fsp3) is 0.520. The summed E-state index contributed by atoms with van der Waals surface area (Å²) in [6.07, 6.45) is -0.430. The summed E-state index contributed by atoms with van der Waals surface area (Å²) in [4.78, 5) is 0. The van der Waals surface area contributed by atoms with Gasteiger partial charge in [-0.15, -0.1) is 0 Å². The second-order valence-corrected chi connectivity index (χ2v) is 6.76. The summed E-state index contributed by atoms with van der Waals surface area (Å²) in [6, 6.07) is 12.4. The Bertz CT molecular complexity index is 1050. The van der Waals surface area contributed by atoms with Crippen LogP contribution in [0.1, 0.15) is 73.6 Å². The molecular formula is C25H37NO4. The molecule has 0 bridgehead atoms. The van der Waals surface area contributed by atoms with Gasteiger partial charge in [0, 0.05) is 30.7 Å². The molecule has 30 heavy (non-hydrogen) atoms. The maximum Gasteiger partial charge on any atom is 0.121 e. The van der Waals surface area contributed by atoms with Crippen molar-refractivity contribution in [1.82, 2.24) is 5.32 Å². The molecule has 166 valence electrons. The van der Waals surface area contributed by atoms with Crippen LogP contribution < -0.4 is 5.32 Å². The standard InChI is InChI=1S/C25H37NO4/c27-20-23-18-22(13-14-24(23)28)25(29)19-26-15-7-1-2-8-16-30-17-9-6-12-21-10-4-3-5-11-21/h3-5,10-11,13-14,18,25-29H,1-2,6-9,12,15-17,19-20H2/i15D2,17D2,19D2,20D2,25D. The van der Waals surface area contributed by atoms with Crippen molar-refractivity contribution >= 4 is 0 Å². The van der Waals surface area contributed by atoms with E-state index in [1.54, 1.807) is 0 Å².